The highest BCUT2D eigenvalue weighted by Gasteiger charge is 2.31. The average molecular weight is 340 g/mol. The molecule has 6 heteroatoms. The van der Waals surface area contributed by atoms with Gasteiger partial charge in [-0.3, -0.25) is 0 Å². The number of methoxy groups -OCH3 is 1. The molecule has 0 radical (unpaired) electrons. The predicted octanol–water partition coefficient (Wildman–Crippen LogP) is 4.65. The van der Waals surface area contributed by atoms with Gasteiger partial charge in [0.1, 0.15) is 11.5 Å². The standard InChI is InChI=1S/C18H19F3O3/c1-23-17-11-3-2-6-13(17)7-5-10-16(22)14-8-4-9-15(12-14)24-18(19,20)21/h2-4,6,8-9,11-12,16,22H,5,7,10H2,1H3/t16-/m0/s1. The zero-order chi connectivity index (χ0) is 17.6. The summed E-state index contributed by atoms with van der Waals surface area (Å²) in [6.07, 6.45) is -3.79. The molecule has 0 aliphatic rings. The predicted molar refractivity (Wildman–Crippen MR) is 84.0 cm³/mol. The van der Waals surface area contributed by atoms with E-state index in [1.54, 1.807) is 13.2 Å². The molecule has 2 rings (SSSR count). The maximum Gasteiger partial charge on any atom is 0.573 e. The second-order valence-corrected chi connectivity index (χ2v) is 5.34. The Balaban J connectivity index is 1.93. The van der Waals surface area contributed by atoms with Gasteiger partial charge in [0.25, 0.3) is 0 Å². The lowest BCUT2D eigenvalue weighted by Gasteiger charge is -2.14. The maximum atomic E-state index is 12.2. The van der Waals surface area contributed by atoms with Crippen molar-refractivity contribution in [3.05, 3.63) is 59.7 Å². The lowest BCUT2D eigenvalue weighted by molar-refractivity contribution is -0.274. The van der Waals surface area contributed by atoms with Gasteiger partial charge < -0.3 is 14.6 Å². The summed E-state index contributed by atoms with van der Waals surface area (Å²) in [6.45, 7) is 0. The molecule has 24 heavy (non-hydrogen) atoms. The Morgan fingerprint density at radius 2 is 1.83 bits per heavy atom. The van der Waals surface area contributed by atoms with Crippen LogP contribution in [0.15, 0.2) is 48.5 Å². The summed E-state index contributed by atoms with van der Waals surface area (Å²) in [5.74, 6) is 0.455. The van der Waals surface area contributed by atoms with Gasteiger partial charge in [-0.05, 0) is 48.6 Å². The number of para-hydroxylation sites is 1. The van der Waals surface area contributed by atoms with Crippen LogP contribution in [0.3, 0.4) is 0 Å². The first-order valence-corrected chi connectivity index (χ1v) is 7.54. The van der Waals surface area contributed by atoms with Gasteiger partial charge >= 0.3 is 6.36 Å². The van der Waals surface area contributed by atoms with E-state index in [-0.39, 0.29) is 5.75 Å². The van der Waals surface area contributed by atoms with Crippen LogP contribution in [-0.4, -0.2) is 18.6 Å². The van der Waals surface area contributed by atoms with Crippen LogP contribution in [0.5, 0.6) is 11.5 Å². The van der Waals surface area contributed by atoms with E-state index in [4.69, 9.17) is 4.74 Å². The van der Waals surface area contributed by atoms with Crippen molar-refractivity contribution in [3.8, 4) is 11.5 Å². The molecule has 2 aromatic carbocycles. The summed E-state index contributed by atoms with van der Waals surface area (Å²) >= 11 is 0. The molecule has 3 nitrogen and oxygen atoms in total. The molecule has 130 valence electrons. The topological polar surface area (TPSA) is 38.7 Å². The minimum atomic E-state index is -4.74. The Labute approximate surface area is 138 Å². The summed E-state index contributed by atoms with van der Waals surface area (Å²) in [4.78, 5) is 0. The number of hydrogen-bond donors (Lipinski definition) is 1. The van der Waals surface area contributed by atoms with E-state index in [1.165, 1.54) is 18.2 Å². The van der Waals surface area contributed by atoms with Gasteiger partial charge in [0, 0.05) is 0 Å². The van der Waals surface area contributed by atoms with Gasteiger partial charge in [-0.1, -0.05) is 30.3 Å². The van der Waals surface area contributed by atoms with Crippen molar-refractivity contribution in [2.45, 2.75) is 31.7 Å². The van der Waals surface area contributed by atoms with Crippen LogP contribution in [0, 0.1) is 0 Å². The first kappa shape index (κ1) is 18.1. The highest BCUT2D eigenvalue weighted by atomic mass is 19.4. The van der Waals surface area contributed by atoms with Crippen molar-refractivity contribution in [2.75, 3.05) is 7.11 Å². The van der Waals surface area contributed by atoms with Gasteiger partial charge in [-0.25, -0.2) is 0 Å². The first-order chi connectivity index (χ1) is 11.4. The molecule has 0 unspecified atom stereocenters. The average Bonchev–Trinajstić information content (AvgIpc) is 2.54. The first-order valence-electron chi connectivity index (χ1n) is 7.54. The van der Waals surface area contributed by atoms with Gasteiger partial charge in [0.2, 0.25) is 0 Å². The van der Waals surface area contributed by atoms with Crippen LogP contribution < -0.4 is 9.47 Å². The normalized spacial score (nSPS) is 12.7. The molecule has 0 aliphatic heterocycles. The number of aryl methyl sites for hydroxylation is 1. The van der Waals surface area contributed by atoms with E-state index in [0.29, 0.717) is 24.8 Å². The van der Waals surface area contributed by atoms with E-state index in [2.05, 4.69) is 4.74 Å². The summed E-state index contributed by atoms with van der Waals surface area (Å²) in [7, 11) is 1.60. The molecule has 0 aromatic heterocycles. The molecule has 1 atom stereocenters. The Kier molecular flexibility index (Phi) is 6.09. The van der Waals surface area contributed by atoms with Crippen molar-refractivity contribution in [1.29, 1.82) is 0 Å². The van der Waals surface area contributed by atoms with E-state index >= 15 is 0 Å². The quantitative estimate of drug-likeness (QED) is 0.797. The third-order valence-corrected chi connectivity index (χ3v) is 3.59. The molecular weight excluding hydrogens is 321 g/mol. The number of alkyl halides is 3. The highest BCUT2D eigenvalue weighted by molar-refractivity contribution is 5.33. The molecule has 1 N–H and O–H groups in total. The van der Waals surface area contributed by atoms with E-state index < -0.39 is 12.5 Å². The second-order valence-electron chi connectivity index (χ2n) is 5.34. The van der Waals surface area contributed by atoms with Gasteiger partial charge in [0.15, 0.2) is 0 Å². The van der Waals surface area contributed by atoms with Crippen LogP contribution in [-0.2, 0) is 6.42 Å². The molecule has 0 saturated carbocycles. The van der Waals surface area contributed by atoms with E-state index in [9.17, 15) is 18.3 Å². The van der Waals surface area contributed by atoms with Crippen LogP contribution in [0.25, 0.3) is 0 Å². The molecular formula is C18H19F3O3. The lowest BCUT2D eigenvalue weighted by Crippen LogP contribution is -2.17. The van der Waals surface area contributed by atoms with Crippen LogP contribution >= 0.6 is 0 Å². The maximum absolute atomic E-state index is 12.2. The Hall–Kier alpha value is -2.21. The molecule has 0 fully saturated rings. The number of aliphatic hydroxyl groups excluding tert-OH is 1. The fourth-order valence-corrected chi connectivity index (χ4v) is 2.48. The highest BCUT2D eigenvalue weighted by Crippen LogP contribution is 2.28. The molecule has 0 spiro atoms. The molecule has 0 saturated heterocycles. The Morgan fingerprint density at radius 1 is 1.08 bits per heavy atom. The number of hydrogen-bond acceptors (Lipinski definition) is 3. The summed E-state index contributed by atoms with van der Waals surface area (Å²) in [5, 5.41) is 10.2. The molecule has 0 aliphatic carbocycles. The summed E-state index contributed by atoms with van der Waals surface area (Å²) in [5.41, 5.74) is 1.43. The van der Waals surface area contributed by atoms with Gasteiger partial charge in [0.05, 0.1) is 13.2 Å². The number of rotatable bonds is 7. The van der Waals surface area contributed by atoms with E-state index in [0.717, 1.165) is 11.3 Å². The zero-order valence-electron chi connectivity index (χ0n) is 13.2. The van der Waals surface area contributed by atoms with Gasteiger partial charge in [-0.15, -0.1) is 13.2 Å². The smallest absolute Gasteiger partial charge is 0.496 e. The van der Waals surface area contributed by atoms with E-state index in [1.807, 2.05) is 24.3 Å². The largest absolute Gasteiger partial charge is 0.573 e. The third kappa shape index (κ3) is 5.45. The van der Waals surface area contributed by atoms with Crippen molar-refractivity contribution < 1.29 is 27.8 Å². The Bertz CT molecular complexity index is 656. The second kappa shape index (κ2) is 8.06. The van der Waals surface area contributed by atoms with Crippen molar-refractivity contribution in [2.24, 2.45) is 0 Å². The number of halogens is 3. The van der Waals surface area contributed by atoms with Crippen LogP contribution in [0.2, 0.25) is 0 Å². The van der Waals surface area contributed by atoms with Crippen LogP contribution in [0.4, 0.5) is 13.2 Å². The molecule has 2 aromatic rings. The fourth-order valence-electron chi connectivity index (χ4n) is 2.48. The molecule has 0 bridgehead atoms. The minimum absolute atomic E-state index is 0.330. The van der Waals surface area contributed by atoms with Gasteiger partial charge in [-0.2, -0.15) is 0 Å². The van der Waals surface area contributed by atoms with Crippen molar-refractivity contribution >= 4 is 0 Å². The number of aliphatic hydroxyl groups is 1. The van der Waals surface area contributed by atoms with Crippen molar-refractivity contribution in [3.63, 3.8) is 0 Å². The number of ether oxygens (including phenoxy) is 2. The SMILES string of the molecule is COc1ccccc1CCC[C@H](O)c1cccc(OC(F)(F)F)c1. The zero-order valence-corrected chi connectivity index (χ0v) is 13.2. The lowest BCUT2D eigenvalue weighted by atomic mass is 10.0. The minimum Gasteiger partial charge on any atom is -0.496 e. The molecule has 0 amide bonds. The summed E-state index contributed by atoms with van der Waals surface area (Å²) in [6, 6.07) is 13.0. The Morgan fingerprint density at radius 3 is 2.54 bits per heavy atom. The molecule has 0 heterocycles. The number of benzene rings is 2. The van der Waals surface area contributed by atoms with Crippen molar-refractivity contribution in [1.82, 2.24) is 0 Å². The monoisotopic (exact) mass is 340 g/mol. The summed E-state index contributed by atoms with van der Waals surface area (Å²) < 4.78 is 45.9. The third-order valence-electron chi connectivity index (χ3n) is 3.59. The fraction of sp³-hybridized carbons (Fsp3) is 0.333. The van der Waals surface area contributed by atoms with Crippen LogP contribution in [0.1, 0.15) is 30.1 Å².